The van der Waals surface area contributed by atoms with Crippen molar-refractivity contribution in [3.8, 4) is 5.75 Å². The second-order valence-corrected chi connectivity index (χ2v) is 2.44. The minimum Gasteiger partial charge on any atom is -0.494 e. The van der Waals surface area contributed by atoms with Crippen molar-refractivity contribution >= 4 is 12.6 Å². The summed E-state index contributed by atoms with van der Waals surface area (Å²) >= 11 is 0. The second-order valence-electron chi connectivity index (χ2n) is 2.44. The van der Waals surface area contributed by atoms with E-state index >= 15 is 0 Å². The fraction of sp³-hybridized carbons (Fsp3) is 0.250. The van der Waals surface area contributed by atoms with E-state index in [1.165, 1.54) is 12.1 Å². The second kappa shape index (κ2) is 4.84. The lowest BCUT2D eigenvalue weighted by Crippen LogP contribution is -2.30. The summed E-state index contributed by atoms with van der Waals surface area (Å²) in [5, 5.41) is 8.91. The van der Waals surface area contributed by atoms with Crippen molar-refractivity contribution in [1.82, 2.24) is 0 Å². The average molecular weight is 184 g/mol. The Morgan fingerprint density at radius 3 is 2.46 bits per heavy atom. The Morgan fingerprint density at radius 1 is 1.38 bits per heavy atom. The molecule has 0 aliphatic heterocycles. The molecule has 0 aliphatic carbocycles. The Hall–Kier alpha value is -1.07. The molecule has 70 valence electrons. The standard InChI is InChI=1S/C8H10BFO3/c1-2-12-8-5-3-7(4-6-8)9(11)13-10/h3-6,11H,2H2,1H3. The number of rotatable bonds is 4. The Balaban J connectivity index is 2.69. The lowest BCUT2D eigenvalue weighted by Gasteiger charge is -2.04. The minimum atomic E-state index is -1.52. The summed E-state index contributed by atoms with van der Waals surface area (Å²) in [6.07, 6.45) is 0. The number of hydrogen-bond donors (Lipinski definition) is 1. The molecule has 0 atom stereocenters. The molecule has 0 aromatic heterocycles. The third-order valence-electron chi connectivity index (χ3n) is 1.56. The van der Waals surface area contributed by atoms with Crippen molar-refractivity contribution in [2.75, 3.05) is 6.61 Å². The van der Waals surface area contributed by atoms with Gasteiger partial charge in [0, 0.05) is 0 Å². The van der Waals surface area contributed by atoms with E-state index in [9.17, 15) is 4.53 Å². The first kappa shape index (κ1) is 10.0. The smallest absolute Gasteiger partial charge is 0.494 e. The van der Waals surface area contributed by atoms with Gasteiger partial charge in [-0.2, -0.15) is 0 Å². The fourth-order valence-electron chi connectivity index (χ4n) is 0.947. The van der Waals surface area contributed by atoms with Crippen LogP contribution in [0.15, 0.2) is 24.3 Å². The van der Waals surface area contributed by atoms with E-state index in [0.717, 1.165) is 0 Å². The molecule has 0 unspecified atom stereocenters. The van der Waals surface area contributed by atoms with E-state index in [1.54, 1.807) is 12.1 Å². The molecule has 1 aromatic carbocycles. The van der Waals surface area contributed by atoms with E-state index in [1.807, 2.05) is 6.92 Å². The molecule has 0 amide bonds. The van der Waals surface area contributed by atoms with Gasteiger partial charge >= 0.3 is 7.12 Å². The first-order chi connectivity index (χ1) is 6.27. The maximum absolute atomic E-state index is 11.5. The summed E-state index contributed by atoms with van der Waals surface area (Å²) in [7, 11) is -1.52. The van der Waals surface area contributed by atoms with Crippen molar-refractivity contribution in [2.24, 2.45) is 0 Å². The Labute approximate surface area is 76.1 Å². The molecule has 0 fully saturated rings. The zero-order chi connectivity index (χ0) is 9.68. The summed E-state index contributed by atoms with van der Waals surface area (Å²) in [6, 6.07) is 6.35. The van der Waals surface area contributed by atoms with Crippen LogP contribution in [0.2, 0.25) is 0 Å². The van der Waals surface area contributed by atoms with Crippen molar-refractivity contribution in [3.63, 3.8) is 0 Å². The zero-order valence-corrected chi connectivity index (χ0v) is 7.24. The maximum Gasteiger partial charge on any atom is 0.529 e. The van der Waals surface area contributed by atoms with E-state index in [4.69, 9.17) is 9.76 Å². The monoisotopic (exact) mass is 184 g/mol. The van der Waals surface area contributed by atoms with Crippen LogP contribution < -0.4 is 10.2 Å². The van der Waals surface area contributed by atoms with E-state index in [0.29, 0.717) is 17.8 Å². The van der Waals surface area contributed by atoms with Crippen LogP contribution in [0.3, 0.4) is 0 Å². The highest BCUT2D eigenvalue weighted by atomic mass is 19.3. The lowest BCUT2D eigenvalue weighted by atomic mass is 9.80. The Morgan fingerprint density at radius 2 is 2.00 bits per heavy atom. The minimum absolute atomic E-state index is 0.353. The van der Waals surface area contributed by atoms with Gasteiger partial charge < -0.3 is 9.76 Å². The molecule has 1 rings (SSSR count). The topological polar surface area (TPSA) is 38.7 Å². The average Bonchev–Trinajstić information content (AvgIpc) is 2.18. The predicted molar refractivity (Wildman–Crippen MR) is 47.4 cm³/mol. The Kier molecular flexibility index (Phi) is 3.73. The van der Waals surface area contributed by atoms with Gasteiger partial charge in [-0.05, 0) is 24.5 Å². The summed E-state index contributed by atoms with van der Waals surface area (Å²) in [4.78, 5) is 3.25. The van der Waals surface area contributed by atoms with Gasteiger partial charge in [-0.3, -0.25) is 0 Å². The van der Waals surface area contributed by atoms with E-state index in [2.05, 4.69) is 4.86 Å². The van der Waals surface area contributed by atoms with Crippen LogP contribution in [0, 0.1) is 0 Å². The predicted octanol–water partition coefficient (Wildman–Crippen LogP) is 0.674. The molecule has 0 heterocycles. The number of ether oxygens (including phenoxy) is 1. The first-order valence-corrected chi connectivity index (χ1v) is 3.96. The molecule has 1 aromatic rings. The van der Waals surface area contributed by atoms with Gasteiger partial charge in [0.15, 0.2) is 0 Å². The highest BCUT2D eigenvalue weighted by molar-refractivity contribution is 6.59. The van der Waals surface area contributed by atoms with E-state index < -0.39 is 7.12 Å². The zero-order valence-electron chi connectivity index (χ0n) is 7.24. The van der Waals surface area contributed by atoms with Crippen LogP contribution >= 0.6 is 0 Å². The molecule has 3 nitrogen and oxygen atoms in total. The molecule has 1 N–H and O–H groups in total. The van der Waals surface area contributed by atoms with Crippen molar-refractivity contribution < 1.29 is 19.1 Å². The maximum atomic E-state index is 11.5. The van der Waals surface area contributed by atoms with Gasteiger partial charge in [-0.15, -0.1) is 0 Å². The molecule has 0 saturated heterocycles. The van der Waals surface area contributed by atoms with Crippen LogP contribution in [0.5, 0.6) is 5.75 Å². The normalized spacial score (nSPS) is 9.77. The molecule has 13 heavy (non-hydrogen) atoms. The summed E-state index contributed by atoms with van der Waals surface area (Å²) in [6.45, 7) is 2.44. The van der Waals surface area contributed by atoms with Crippen molar-refractivity contribution in [3.05, 3.63) is 24.3 Å². The molecule has 5 heteroatoms. The fourth-order valence-corrected chi connectivity index (χ4v) is 0.947. The Bertz CT molecular complexity index is 252. The third-order valence-corrected chi connectivity index (χ3v) is 1.56. The number of halogens is 1. The van der Waals surface area contributed by atoms with Crippen molar-refractivity contribution in [2.45, 2.75) is 6.92 Å². The third kappa shape index (κ3) is 2.71. The van der Waals surface area contributed by atoms with Gasteiger partial charge in [0.2, 0.25) is 0 Å². The van der Waals surface area contributed by atoms with Gasteiger partial charge in [-0.1, -0.05) is 16.7 Å². The van der Waals surface area contributed by atoms with E-state index in [-0.39, 0.29) is 0 Å². The first-order valence-electron chi connectivity index (χ1n) is 3.96. The molecule has 0 aliphatic rings. The lowest BCUT2D eigenvalue weighted by molar-refractivity contribution is -0.0267. The molecule has 0 radical (unpaired) electrons. The highest BCUT2D eigenvalue weighted by Crippen LogP contribution is 2.07. The molecule has 0 spiro atoms. The highest BCUT2D eigenvalue weighted by Gasteiger charge is 2.16. The van der Waals surface area contributed by atoms with Crippen LogP contribution in [0.1, 0.15) is 6.92 Å². The van der Waals surface area contributed by atoms with Gasteiger partial charge in [0.1, 0.15) is 5.75 Å². The summed E-state index contributed by atoms with van der Waals surface area (Å²) < 4.78 is 16.7. The van der Waals surface area contributed by atoms with Crippen LogP contribution in [0.25, 0.3) is 0 Å². The van der Waals surface area contributed by atoms with Gasteiger partial charge in [-0.25, -0.2) is 4.86 Å². The molecule has 0 bridgehead atoms. The number of benzene rings is 1. The largest absolute Gasteiger partial charge is 0.529 e. The molecule has 0 saturated carbocycles. The van der Waals surface area contributed by atoms with Crippen LogP contribution in [-0.2, 0) is 4.86 Å². The number of hydrogen-bond acceptors (Lipinski definition) is 3. The van der Waals surface area contributed by atoms with Crippen LogP contribution in [-0.4, -0.2) is 18.7 Å². The SMILES string of the molecule is CCOc1ccc(B(O)OF)cc1. The summed E-state index contributed by atoms with van der Waals surface area (Å²) in [5.41, 5.74) is 0.353. The van der Waals surface area contributed by atoms with Gasteiger partial charge in [0.25, 0.3) is 0 Å². The summed E-state index contributed by atoms with van der Waals surface area (Å²) in [5.74, 6) is 0.678. The molecular formula is C8H10BFO3. The van der Waals surface area contributed by atoms with Crippen molar-refractivity contribution in [1.29, 1.82) is 0 Å². The van der Waals surface area contributed by atoms with Crippen LogP contribution in [0.4, 0.5) is 4.53 Å². The molecular weight excluding hydrogens is 174 g/mol. The quantitative estimate of drug-likeness (QED) is 0.699. The van der Waals surface area contributed by atoms with Gasteiger partial charge in [0.05, 0.1) is 6.61 Å².